The van der Waals surface area contributed by atoms with E-state index in [0.717, 1.165) is 0 Å². The Bertz CT molecular complexity index is 213. The summed E-state index contributed by atoms with van der Waals surface area (Å²) in [5.41, 5.74) is 0. The van der Waals surface area contributed by atoms with Crippen molar-refractivity contribution in [3.05, 3.63) is 0 Å². The third-order valence-corrected chi connectivity index (χ3v) is 25.9. The molecule has 0 atom stereocenters. The monoisotopic (exact) mass is 321 g/mol. The topological polar surface area (TPSA) is 9.72 Å². The minimum absolute atomic E-state index is 1.92. The van der Waals surface area contributed by atoms with Crippen molar-refractivity contribution in [1.29, 1.82) is 0 Å². The van der Waals surface area contributed by atoms with Gasteiger partial charge in [0.1, 0.15) is 0 Å². The van der Waals surface area contributed by atoms with Gasteiger partial charge in [0.2, 0.25) is 25.2 Å². The van der Waals surface area contributed by atoms with E-state index in [1.165, 1.54) is 0 Å². The lowest BCUT2D eigenvalue weighted by atomic mass is 11.9. The molecular formula is C6H18Cl3N3Si3. The molecule has 0 aliphatic carbocycles. The second kappa shape index (κ2) is 3.96. The molecule has 90 valence electrons. The predicted molar refractivity (Wildman–Crippen MR) is 75.5 cm³/mol. The van der Waals surface area contributed by atoms with Crippen LogP contribution in [-0.4, -0.2) is 36.4 Å². The molecule has 0 spiro atoms. The number of nitrogens with zero attached hydrogens (tertiary/aromatic N) is 3. The molecule has 0 aromatic rings. The van der Waals surface area contributed by atoms with Gasteiger partial charge in [0.05, 0.1) is 0 Å². The van der Waals surface area contributed by atoms with Crippen LogP contribution in [0.5, 0.6) is 0 Å². The van der Waals surface area contributed by atoms with Gasteiger partial charge in [0, 0.05) is 0 Å². The Kier molecular flexibility index (Phi) is 3.82. The minimum atomic E-state index is -1.92. The molecule has 0 N–H and O–H groups in total. The van der Waals surface area contributed by atoms with E-state index in [2.05, 4.69) is 39.3 Å². The zero-order chi connectivity index (χ0) is 12.2. The lowest BCUT2D eigenvalue weighted by molar-refractivity contribution is 0.672. The number of hydrogen-bond donors (Lipinski definition) is 0. The van der Waals surface area contributed by atoms with Crippen LogP contribution in [0.15, 0.2) is 0 Å². The van der Waals surface area contributed by atoms with Crippen LogP contribution in [0.3, 0.4) is 0 Å². The summed E-state index contributed by atoms with van der Waals surface area (Å²) in [6.45, 7) is 13.0. The Morgan fingerprint density at radius 3 is 0.800 bits per heavy atom. The Balaban J connectivity index is 3.24. The second-order valence-corrected chi connectivity index (χ2v) is 21.0. The molecule has 0 aromatic carbocycles. The van der Waals surface area contributed by atoms with Crippen LogP contribution in [-0.2, 0) is 0 Å². The van der Waals surface area contributed by atoms with Gasteiger partial charge < -0.3 is 0 Å². The smallest absolute Gasteiger partial charge is 0.218 e. The maximum atomic E-state index is 6.44. The third-order valence-electron chi connectivity index (χ3n) is 2.88. The first-order valence-electron chi connectivity index (χ1n) is 4.85. The van der Waals surface area contributed by atoms with Crippen LogP contribution < -0.4 is 0 Å². The highest BCUT2D eigenvalue weighted by Gasteiger charge is 2.61. The molecule has 1 aliphatic heterocycles. The molecule has 0 radical (unpaired) electrons. The summed E-state index contributed by atoms with van der Waals surface area (Å²) >= 11 is 19.3. The Morgan fingerprint density at radius 1 is 0.533 bits per heavy atom. The summed E-state index contributed by atoms with van der Waals surface area (Å²) < 4.78 is 5.83. The second-order valence-electron chi connectivity index (χ2n) is 5.33. The maximum Gasteiger partial charge on any atom is 0.218 e. The maximum absolute atomic E-state index is 6.44. The molecule has 0 amide bonds. The van der Waals surface area contributed by atoms with Crippen molar-refractivity contribution < 1.29 is 0 Å². The SMILES string of the molecule is C[Si]1(C)N(Cl)[Si](C)(C)N(Cl)[Si](C)(C)N1Cl. The van der Waals surface area contributed by atoms with Crippen LogP contribution in [0.2, 0.25) is 39.3 Å². The van der Waals surface area contributed by atoms with Crippen molar-refractivity contribution in [2.24, 2.45) is 0 Å². The summed E-state index contributed by atoms with van der Waals surface area (Å²) in [5, 5.41) is 0. The van der Waals surface area contributed by atoms with Crippen molar-refractivity contribution in [1.82, 2.24) is 11.3 Å². The highest BCUT2D eigenvalue weighted by molar-refractivity contribution is 7.11. The predicted octanol–water partition coefficient (Wildman–Crippen LogP) is 3.47. The van der Waals surface area contributed by atoms with Crippen LogP contribution in [0.25, 0.3) is 0 Å². The highest BCUT2D eigenvalue weighted by Crippen LogP contribution is 2.41. The molecule has 1 fully saturated rings. The van der Waals surface area contributed by atoms with Gasteiger partial charge in [-0.25, -0.2) is 11.3 Å². The van der Waals surface area contributed by atoms with Crippen molar-refractivity contribution in [2.45, 2.75) is 39.3 Å². The fourth-order valence-electron chi connectivity index (χ4n) is 2.24. The van der Waals surface area contributed by atoms with E-state index >= 15 is 0 Å². The van der Waals surface area contributed by atoms with E-state index in [-0.39, 0.29) is 0 Å². The van der Waals surface area contributed by atoms with Crippen LogP contribution in [0.4, 0.5) is 0 Å². The number of halogens is 3. The number of hydrogen-bond acceptors (Lipinski definition) is 3. The average Bonchev–Trinajstić information content (AvgIpc) is 2.12. The van der Waals surface area contributed by atoms with Gasteiger partial charge in [-0.1, -0.05) is 0 Å². The molecule has 1 heterocycles. The van der Waals surface area contributed by atoms with Crippen LogP contribution in [0.1, 0.15) is 0 Å². The van der Waals surface area contributed by atoms with Gasteiger partial charge in [-0.3, -0.25) is 0 Å². The van der Waals surface area contributed by atoms with Crippen molar-refractivity contribution >= 4 is 60.5 Å². The standard InChI is InChI=1S/C6H18Cl3N3Si3/c1-13(2)10(7)14(3,4)12(9)15(5,6)11(13)8/h1-6H3. The summed E-state index contributed by atoms with van der Waals surface area (Å²) in [7, 11) is -5.75. The largest absolute Gasteiger partial charge is 0.234 e. The summed E-state index contributed by atoms with van der Waals surface area (Å²) in [5.74, 6) is 0. The van der Waals surface area contributed by atoms with E-state index < -0.39 is 25.2 Å². The molecule has 0 unspecified atom stereocenters. The first-order chi connectivity index (χ1) is 6.46. The number of rotatable bonds is 0. The normalized spacial score (nSPS) is 31.8. The van der Waals surface area contributed by atoms with Crippen molar-refractivity contribution in [3.8, 4) is 0 Å². The Labute approximate surface area is 111 Å². The van der Waals surface area contributed by atoms with E-state index in [4.69, 9.17) is 35.3 Å². The van der Waals surface area contributed by atoms with Gasteiger partial charge in [0.25, 0.3) is 0 Å². The fraction of sp³-hybridized carbons (Fsp3) is 1.00. The van der Waals surface area contributed by atoms with Crippen LogP contribution in [0, 0.1) is 0 Å². The Hall–Kier alpha value is 1.40. The molecule has 1 rings (SSSR count). The molecule has 0 bridgehead atoms. The molecule has 9 heteroatoms. The molecule has 3 nitrogen and oxygen atoms in total. The van der Waals surface area contributed by atoms with Gasteiger partial charge >= 0.3 is 0 Å². The van der Waals surface area contributed by atoms with Crippen molar-refractivity contribution in [3.63, 3.8) is 0 Å². The molecule has 0 aromatic heterocycles. The molecule has 15 heavy (non-hydrogen) atoms. The minimum Gasteiger partial charge on any atom is -0.234 e. The first kappa shape index (κ1) is 14.5. The van der Waals surface area contributed by atoms with E-state index in [1.807, 2.05) is 11.3 Å². The quantitative estimate of drug-likeness (QED) is 0.499. The summed E-state index contributed by atoms with van der Waals surface area (Å²) in [4.78, 5) is 0. The third kappa shape index (κ3) is 1.98. The molecule has 1 aliphatic rings. The summed E-state index contributed by atoms with van der Waals surface area (Å²) in [6.07, 6.45) is 0. The van der Waals surface area contributed by atoms with E-state index in [9.17, 15) is 0 Å². The molecule has 0 saturated carbocycles. The van der Waals surface area contributed by atoms with E-state index in [0.29, 0.717) is 0 Å². The fourth-order valence-corrected chi connectivity index (χ4v) is 24.3. The van der Waals surface area contributed by atoms with E-state index in [1.54, 1.807) is 0 Å². The van der Waals surface area contributed by atoms with Crippen LogP contribution >= 0.6 is 35.3 Å². The lowest BCUT2D eigenvalue weighted by Gasteiger charge is -2.59. The highest BCUT2D eigenvalue weighted by atomic mass is 35.5. The first-order valence-corrected chi connectivity index (χ1v) is 14.5. The Morgan fingerprint density at radius 2 is 0.667 bits per heavy atom. The van der Waals surface area contributed by atoms with Gasteiger partial charge in [-0.05, 0) is 74.6 Å². The lowest BCUT2D eigenvalue weighted by Crippen LogP contribution is -2.83. The van der Waals surface area contributed by atoms with Gasteiger partial charge in [0.15, 0.2) is 0 Å². The average molecular weight is 323 g/mol. The van der Waals surface area contributed by atoms with Crippen molar-refractivity contribution in [2.75, 3.05) is 0 Å². The zero-order valence-electron chi connectivity index (χ0n) is 9.98. The summed E-state index contributed by atoms with van der Waals surface area (Å²) in [6, 6.07) is 0. The molecular weight excluding hydrogens is 305 g/mol. The molecule has 1 saturated heterocycles. The zero-order valence-corrected chi connectivity index (χ0v) is 15.2. The van der Waals surface area contributed by atoms with Gasteiger partial charge in [-0.15, -0.1) is 0 Å². The van der Waals surface area contributed by atoms with Gasteiger partial charge in [-0.2, -0.15) is 0 Å².